The minimum absolute atomic E-state index is 0.0128. The molecule has 0 bridgehead atoms. The minimum atomic E-state index is -0.249. The van der Waals surface area contributed by atoms with Gasteiger partial charge in [-0.3, -0.25) is 19.3 Å². The predicted octanol–water partition coefficient (Wildman–Crippen LogP) is 3.69. The van der Waals surface area contributed by atoms with Gasteiger partial charge in [-0.1, -0.05) is 31.4 Å². The molecule has 0 saturated heterocycles. The molecule has 4 rings (SSSR count). The molecule has 1 saturated carbocycles. The summed E-state index contributed by atoms with van der Waals surface area (Å²) >= 11 is 0. The number of carbonyl (C=O) groups is 3. The number of fused-ring (bicyclic) bond motifs is 1. The molecule has 1 fully saturated rings. The number of amides is 2. The number of rotatable bonds is 3. The van der Waals surface area contributed by atoms with Gasteiger partial charge in [-0.15, -0.1) is 0 Å². The summed E-state index contributed by atoms with van der Waals surface area (Å²) in [6.07, 6.45) is 5.62. The van der Waals surface area contributed by atoms with Crippen molar-refractivity contribution in [2.75, 3.05) is 0 Å². The monoisotopic (exact) mass is 323 g/mol. The summed E-state index contributed by atoms with van der Waals surface area (Å²) in [5.74, 6) is 0.163. The molecule has 2 amide bonds. The highest BCUT2D eigenvalue weighted by molar-refractivity contribution is 6.24. The van der Waals surface area contributed by atoms with Crippen LogP contribution in [0.5, 0.6) is 0 Å². The van der Waals surface area contributed by atoms with Crippen LogP contribution < -0.4 is 0 Å². The van der Waals surface area contributed by atoms with Crippen molar-refractivity contribution in [3.05, 3.63) is 47.2 Å². The van der Waals surface area contributed by atoms with Gasteiger partial charge in [0.25, 0.3) is 11.8 Å². The Morgan fingerprint density at radius 2 is 1.71 bits per heavy atom. The van der Waals surface area contributed by atoms with Crippen LogP contribution in [0.4, 0.5) is 0 Å². The van der Waals surface area contributed by atoms with Crippen LogP contribution in [0.1, 0.15) is 63.4 Å². The van der Waals surface area contributed by atoms with Gasteiger partial charge in [0.05, 0.1) is 11.1 Å². The second-order valence-electron chi connectivity index (χ2n) is 6.32. The summed E-state index contributed by atoms with van der Waals surface area (Å²) in [6.45, 7) is 0. The average molecular weight is 323 g/mol. The molecule has 0 radical (unpaired) electrons. The van der Waals surface area contributed by atoms with Crippen molar-refractivity contribution in [1.29, 1.82) is 0 Å². The fourth-order valence-corrected chi connectivity index (χ4v) is 3.74. The lowest BCUT2D eigenvalue weighted by Gasteiger charge is -2.29. The summed E-state index contributed by atoms with van der Waals surface area (Å²) in [5.41, 5.74) is 1.38. The van der Waals surface area contributed by atoms with Gasteiger partial charge in [-0.25, -0.2) is 0 Å². The van der Waals surface area contributed by atoms with E-state index in [0.717, 1.165) is 32.1 Å². The van der Waals surface area contributed by atoms with Gasteiger partial charge < -0.3 is 4.42 Å². The SMILES string of the molecule is O=Cc1ccc(-c2cccc3c2C(=O)N(C2CCCCC2)C3=O)o1. The van der Waals surface area contributed by atoms with E-state index in [2.05, 4.69) is 0 Å². The first kappa shape index (κ1) is 14.9. The summed E-state index contributed by atoms with van der Waals surface area (Å²) < 4.78 is 5.46. The molecule has 2 aromatic rings. The van der Waals surface area contributed by atoms with E-state index in [0.29, 0.717) is 28.7 Å². The Bertz CT molecular complexity index is 830. The highest BCUT2D eigenvalue weighted by atomic mass is 16.3. The van der Waals surface area contributed by atoms with E-state index in [1.54, 1.807) is 30.3 Å². The highest BCUT2D eigenvalue weighted by Gasteiger charge is 2.42. The van der Waals surface area contributed by atoms with E-state index in [9.17, 15) is 14.4 Å². The van der Waals surface area contributed by atoms with E-state index in [1.165, 1.54) is 4.90 Å². The van der Waals surface area contributed by atoms with Crippen molar-refractivity contribution in [2.24, 2.45) is 0 Å². The van der Waals surface area contributed by atoms with Crippen LogP contribution in [0.25, 0.3) is 11.3 Å². The Balaban J connectivity index is 1.77. The second kappa shape index (κ2) is 5.74. The number of carbonyl (C=O) groups excluding carboxylic acids is 3. The van der Waals surface area contributed by atoms with Crippen LogP contribution in [0.15, 0.2) is 34.7 Å². The van der Waals surface area contributed by atoms with Crippen molar-refractivity contribution >= 4 is 18.1 Å². The minimum Gasteiger partial charge on any atom is -0.453 e. The van der Waals surface area contributed by atoms with Gasteiger partial charge in [0.15, 0.2) is 12.0 Å². The summed E-state index contributed by atoms with van der Waals surface area (Å²) in [7, 11) is 0. The van der Waals surface area contributed by atoms with Crippen molar-refractivity contribution in [3.8, 4) is 11.3 Å². The van der Waals surface area contributed by atoms with Gasteiger partial charge in [-0.05, 0) is 31.0 Å². The van der Waals surface area contributed by atoms with E-state index in [1.807, 2.05) is 0 Å². The fourth-order valence-electron chi connectivity index (χ4n) is 3.74. The summed E-state index contributed by atoms with van der Waals surface area (Å²) in [5, 5.41) is 0. The zero-order valence-electron chi connectivity index (χ0n) is 13.2. The highest BCUT2D eigenvalue weighted by Crippen LogP contribution is 2.36. The standard InChI is InChI=1S/C19H17NO4/c21-11-13-9-10-16(24-13)14-7-4-8-15-17(14)19(23)20(18(15)22)12-5-2-1-3-6-12/h4,7-12H,1-3,5-6H2. The molecular weight excluding hydrogens is 306 g/mol. The van der Waals surface area contributed by atoms with Gasteiger partial charge in [0, 0.05) is 11.6 Å². The molecule has 1 aliphatic heterocycles. The molecule has 1 aliphatic carbocycles. The van der Waals surface area contributed by atoms with Crippen LogP contribution in [-0.4, -0.2) is 29.0 Å². The quantitative estimate of drug-likeness (QED) is 0.638. The molecule has 0 spiro atoms. The van der Waals surface area contributed by atoms with E-state index in [-0.39, 0.29) is 23.6 Å². The number of hydrogen-bond acceptors (Lipinski definition) is 4. The maximum absolute atomic E-state index is 13.0. The fraction of sp³-hybridized carbons (Fsp3) is 0.316. The van der Waals surface area contributed by atoms with Crippen LogP contribution in [0, 0.1) is 0 Å². The third-order valence-corrected chi connectivity index (χ3v) is 4.89. The number of nitrogens with zero attached hydrogens (tertiary/aromatic N) is 1. The lowest BCUT2D eigenvalue weighted by atomic mass is 9.94. The molecule has 1 aromatic heterocycles. The lowest BCUT2D eigenvalue weighted by Crippen LogP contribution is -2.40. The first-order valence-corrected chi connectivity index (χ1v) is 8.27. The largest absolute Gasteiger partial charge is 0.453 e. The molecule has 2 aliphatic rings. The molecule has 122 valence electrons. The van der Waals surface area contributed by atoms with Gasteiger partial charge >= 0.3 is 0 Å². The summed E-state index contributed by atoms with van der Waals surface area (Å²) in [6, 6.07) is 8.38. The van der Waals surface area contributed by atoms with Crippen LogP contribution >= 0.6 is 0 Å². The number of imide groups is 1. The maximum atomic E-state index is 13.0. The zero-order valence-corrected chi connectivity index (χ0v) is 13.2. The Hall–Kier alpha value is -2.69. The lowest BCUT2D eigenvalue weighted by molar-refractivity contribution is 0.0549. The van der Waals surface area contributed by atoms with E-state index >= 15 is 0 Å². The number of benzene rings is 1. The molecule has 0 unspecified atom stereocenters. The van der Waals surface area contributed by atoms with E-state index < -0.39 is 0 Å². The molecule has 0 atom stereocenters. The van der Waals surface area contributed by atoms with Crippen molar-refractivity contribution in [2.45, 2.75) is 38.1 Å². The normalized spacial score (nSPS) is 18.1. The Labute approximate surface area is 139 Å². The predicted molar refractivity (Wildman–Crippen MR) is 86.9 cm³/mol. The first-order chi connectivity index (χ1) is 11.7. The molecule has 5 nitrogen and oxygen atoms in total. The van der Waals surface area contributed by atoms with Crippen molar-refractivity contribution < 1.29 is 18.8 Å². The second-order valence-corrected chi connectivity index (χ2v) is 6.32. The molecule has 0 N–H and O–H groups in total. The maximum Gasteiger partial charge on any atom is 0.262 e. The third-order valence-electron chi connectivity index (χ3n) is 4.89. The third kappa shape index (κ3) is 2.19. The number of hydrogen-bond donors (Lipinski definition) is 0. The van der Waals surface area contributed by atoms with Crippen molar-refractivity contribution in [3.63, 3.8) is 0 Å². The Morgan fingerprint density at radius 3 is 2.42 bits per heavy atom. The zero-order chi connectivity index (χ0) is 16.7. The first-order valence-electron chi connectivity index (χ1n) is 8.27. The Morgan fingerprint density at radius 1 is 0.958 bits per heavy atom. The van der Waals surface area contributed by atoms with Gasteiger partial charge in [-0.2, -0.15) is 0 Å². The Kier molecular flexibility index (Phi) is 3.56. The molecule has 1 aromatic carbocycles. The van der Waals surface area contributed by atoms with Gasteiger partial charge in [0.1, 0.15) is 5.76 Å². The van der Waals surface area contributed by atoms with Gasteiger partial charge in [0.2, 0.25) is 0 Å². The molecule has 5 heteroatoms. The summed E-state index contributed by atoms with van der Waals surface area (Å²) in [4.78, 5) is 38.0. The van der Waals surface area contributed by atoms with Crippen LogP contribution in [0.2, 0.25) is 0 Å². The smallest absolute Gasteiger partial charge is 0.262 e. The number of furan rings is 1. The van der Waals surface area contributed by atoms with Crippen LogP contribution in [0.3, 0.4) is 0 Å². The molecular formula is C19H17NO4. The topological polar surface area (TPSA) is 67.6 Å². The average Bonchev–Trinajstić information content (AvgIpc) is 3.19. The number of aldehydes is 1. The van der Waals surface area contributed by atoms with E-state index in [4.69, 9.17) is 4.42 Å². The molecule has 2 heterocycles. The molecule has 24 heavy (non-hydrogen) atoms. The van der Waals surface area contributed by atoms with Crippen LogP contribution in [-0.2, 0) is 0 Å². The van der Waals surface area contributed by atoms with Crippen molar-refractivity contribution in [1.82, 2.24) is 4.90 Å².